The van der Waals surface area contributed by atoms with Crippen LogP contribution in [-0.4, -0.2) is 18.0 Å². The van der Waals surface area contributed by atoms with Gasteiger partial charge in [0.2, 0.25) is 0 Å². The predicted octanol–water partition coefficient (Wildman–Crippen LogP) is 2.81. The maximum Gasteiger partial charge on any atom is 0.164 e. The van der Waals surface area contributed by atoms with E-state index in [0.717, 1.165) is 6.42 Å². The molecule has 13 heavy (non-hydrogen) atoms. The van der Waals surface area contributed by atoms with E-state index in [1.54, 1.807) is 0 Å². The van der Waals surface area contributed by atoms with Crippen molar-refractivity contribution in [3.63, 3.8) is 0 Å². The van der Waals surface area contributed by atoms with Gasteiger partial charge in [-0.1, -0.05) is 13.8 Å². The van der Waals surface area contributed by atoms with E-state index < -0.39 is 5.60 Å². The molecule has 0 aromatic carbocycles. The molecule has 2 nitrogen and oxygen atoms in total. The topological polar surface area (TPSA) is 26.3 Å². The number of hydrogen-bond acceptors (Lipinski definition) is 2. The fraction of sp³-hybridized carbons (Fsp3) is 0.909. The van der Waals surface area contributed by atoms with Gasteiger partial charge < -0.3 is 4.74 Å². The first-order chi connectivity index (χ1) is 5.90. The molecule has 2 heteroatoms. The maximum atomic E-state index is 11.6. The van der Waals surface area contributed by atoms with Crippen LogP contribution >= 0.6 is 0 Å². The van der Waals surface area contributed by atoms with Crippen molar-refractivity contribution in [2.75, 3.05) is 6.61 Å². The molecule has 0 bridgehead atoms. The van der Waals surface area contributed by atoms with Crippen molar-refractivity contribution < 1.29 is 9.53 Å². The van der Waals surface area contributed by atoms with E-state index in [0.29, 0.717) is 18.9 Å². The van der Waals surface area contributed by atoms with Gasteiger partial charge >= 0.3 is 0 Å². The minimum absolute atomic E-state index is 0.211. The molecule has 0 saturated heterocycles. The Labute approximate surface area is 81.7 Å². The van der Waals surface area contributed by atoms with Gasteiger partial charge in [-0.3, -0.25) is 4.79 Å². The third-order valence-corrected chi connectivity index (χ3v) is 2.13. The van der Waals surface area contributed by atoms with Gasteiger partial charge in [0.1, 0.15) is 5.60 Å². The van der Waals surface area contributed by atoms with Crippen molar-refractivity contribution in [3.8, 4) is 0 Å². The zero-order valence-electron chi connectivity index (χ0n) is 9.52. The van der Waals surface area contributed by atoms with E-state index >= 15 is 0 Å². The van der Waals surface area contributed by atoms with Gasteiger partial charge in [-0.25, -0.2) is 0 Å². The minimum Gasteiger partial charge on any atom is -0.368 e. The Morgan fingerprint density at radius 2 is 1.92 bits per heavy atom. The summed E-state index contributed by atoms with van der Waals surface area (Å²) in [7, 11) is 0. The van der Waals surface area contributed by atoms with Crippen molar-refractivity contribution >= 4 is 5.78 Å². The van der Waals surface area contributed by atoms with Crippen molar-refractivity contribution in [1.82, 2.24) is 0 Å². The summed E-state index contributed by atoms with van der Waals surface area (Å²) in [6.07, 6.45) is 1.58. The number of rotatable bonds is 6. The molecule has 78 valence electrons. The predicted molar refractivity (Wildman–Crippen MR) is 54.8 cm³/mol. The monoisotopic (exact) mass is 186 g/mol. The smallest absolute Gasteiger partial charge is 0.164 e. The Kier molecular flexibility index (Phi) is 5.23. The summed E-state index contributed by atoms with van der Waals surface area (Å²) in [5.74, 6) is 0.796. The molecule has 0 radical (unpaired) electrons. The van der Waals surface area contributed by atoms with Crippen molar-refractivity contribution in [2.24, 2.45) is 5.92 Å². The van der Waals surface area contributed by atoms with E-state index in [-0.39, 0.29) is 5.78 Å². The molecule has 0 atom stereocenters. The second-order valence-corrected chi connectivity index (χ2v) is 4.30. The van der Waals surface area contributed by atoms with Crippen LogP contribution in [0, 0.1) is 5.92 Å². The molecule has 0 saturated carbocycles. The number of ketones is 1. The largest absolute Gasteiger partial charge is 0.368 e. The standard InChI is InChI=1S/C11H22O2/c1-6-13-11(4,5)10(12)8-7-9(2)3/h9H,6-8H2,1-5H3. The van der Waals surface area contributed by atoms with Crippen LogP contribution in [0.5, 0.6) is 0 Å². The summed E-state index contributed by atoms with van der Waals surface area (Å²) in [4.78, 5) is 11.6. The van der Waals surface area contributed by atoms with E-state index in [4.69, 9.17) is 4.74 Å². The van der Waals surface area contributed by atoms with E-state index in [2.05, 4.69) is 13.8 Å². The van der Waals surface area contributed by atoms with Gasteiger partial charge in [-0.15, -0.1) is 0 Å². The quantitative estimate of drug-likeness (QED) is 0.637. The van der Waals surface area contributed by atoms with Gasteiger partial charge in [0.05, 0.1) is 0 Å². The molecule has 0 aromatic rings. The summed E-state index contributed by atoms with van der Waals surface area (Å²) >= 11 is 0. The molecule has 0 aliphatic carbocycles. The molecule has 0 aromatic heterocycles. The van der Waals surface area contributed by atoms with Crippen LogP contribution < -0.4 is 0 Å². The second kappa shape index (κ2) is 5.38. The summed E-state index contributed by atoms with van der Waals surface area (Å²) in [6.45, 7) is 10.5. The van der Waals surface area contributed by atoms with Crippen LogP contribution in [0.15, 0.2) is 0 Å². The van der Waals surface area contributed by atoms with Gasteiger partial charge in [0.25, 0.3) is 0 Å². The summed E-state index contributed by atoms with van der Waals surface area (Å²) in [5.41, 5.74) is -0.594. The summed E-state index contributed by atoms with van der Waals surface area (Å²) in [6, 6.07) is 0. The molecular formula is C11H22O2. The van der Waals surface area contributed by atoms with Crippen molar-refractivity contribution in [1.29, 1.82) is 0 Å². The Bertz CT molecular complexity index is 159. The molecule has 0 aliphatic heterocycles. The molecule has 0 amide bonds. The molecule has 0 rings (SSSR count). The van der Waals surface area contributed by atoms with Crippen LogP contribution in [0.2, 0.25) is 0 Å². The number of carbonyl (C=O) groups is 1. The highest BCUT2D eigenvalue weighted by atomic mass is 16.5. The zero-order valence-corrected chi connectivity index (χ0v) is 9.52. The summed E-state index contributed by atoms with van der Waals surface area (Å²) in [5, 5.41) is 0. The number of carbonyl (C=O) groups excluding carboxylic acids is 1. The molecule has 0 aliphatic rings. The van der Waals surface area contributed by atoms with Crippen LogP contribution in [0.3, 0.4) is 0 Å². The Morgan fingerprint density at radius 1 is 1.38 bits per heavy atom. The lowest BCUT2D eigenvalue weighted by Crippen LogP contribution is -2.35. The Morgan fingerprint density at radius 3 is 2.31 bits per heavy atom. The maximum absolute atomic E-state index is 11.6. The first-order valence-electron chi connectivity index (χ1n) is 5.07. The summed E-state index contributed by atoms with van der Waals surface area (Å²) < 4.78 is 5.37. The first-order valence-corrected chi connectivity index (χ1v) is 5.07. The molecule has 0 spiro atoms. The minimum atomic E-state index is -0.594. The van der Waals surface area contributed by atoms with Gasteiger partial charge in [0, 0.05) is 13.0 Å². The third-order valence-electron chi connectivity index (χ3n) is 2.13. The van der Waals surface area contributed by atoms with Crippen molar-refractivity contribution in [3.05, 3.63) is 0 Å². The van der Waals surface area contributed by atoms with Crippen LogP contribution in [0.25, 0.3) is 0 Å². The Balaban J connectivity index is 3.94. The van der Waals surface area contributed by atoms with Crippen LogP contribution in [0.4, 0.5) is 0 Å². The zero-order chi connectivity index (χ0) is 10.5. The Hall–Kier alpha value is -0.370. The highest BCUT2D eigenvalue weighted by Crippen LogP contribution is 2.16. The van der Waals surface area contributed by atoms with E-state index in [1.807, 2.05) is 20.8 Å². The van der Waals surface area contributed by atoms with Gasteiger partial charge in [0.15, 0.2) is 5.78 Å². The normalized spacial score (nSPS) is 12.2. The fourth-order valence-electron chi connectivity index (χ4n) is 1.16. The fourth-order valence-corrected chi connectivity index (χ4v) is 1.16. The highest BCUT2D eigenvalue weighted by Gasteiger charge is 2.26. The van der Waals surface area contributed by atoms with Crippen LogP contribution in [-0.2, 0) is 9.53 Å². The average Bonchev–Trinajstić information content (AvgIpc) is 1.99. The van der Waals surface area contributed by atoms with Crippen LogP contribution in [0.1, 0.15) is 47.5 Å². The number of hydrogen-bond donors (Lipinski definition) is 0. The molecule has 0 heterocycles. The first kappa shape index (κ1) is 12.6. The number of Topliss-reactive ketones (excluding diaryl/α,β-unsaturated/α-hetero) is 1. The molecular weight excluding hydrogens is 164 g/mol. The third kappa shape index (κ3) is 5.04. The molecule has 0 unspecified atom stereocenters. The van der Waals surface area contributed by atoms with Gasteiger partial charge in [-0.2, -0.15) is 0 Å². The van der Waals surface area contributed by atoms with E-state index in [9.17, 15) is 4.79 Å². The lowest BCUT2D eigenvalue weighted by molar-refractivity contribution is -0.140. The number of ether oxygens (including phenoxy) is 1. The SMILES string of the molecule is CCOC(C)(C)C(=O)CCC(C)C. The van der Waals surface area contributed by atoms with E-state index in [1.165, 1.54) is 0 Å². The van der Waals surface area contributed by atoms with Gasteiger partial charge in [-0.05, 0) is 33.1 Å². The molecule has 0 N–H and O–H groups in total. The lowest BCUT2D eigenvalue weighted by atomic mass is 9.96. The second-order valence-electron chi connectivity index (χ2n) is 4.30. The average molecular weight is 186 g/mol. The van der Waals surface area contributed by atoms with Crippen molar-refractivity contribution in [2.45, 2.75) is 53.1 Å². The lowest BCUT2D eigenvalue weighted by Gasteiger charge is -2.23. The molecule has 0 fully saturated rings. The highest BCUT2D eigenvalue weighted by molar-refractivity contribution is 5.86.